The molecule has 0 aliphatic heterocycles. The summed E-state index contributed by atoms with van der Waals surface area (Å²) >= 11 is 2.45. The third-order valence-corrected chi connectivity index (χ3v) is 5.10. The molecule has 3 rings (SSSR count). The molecule has 0 radical (unpaired) electrons. The number of hydrogen-bond donors (Lipinski definition) is 1. The lowest BCUT2D eigenvalue weighted by molar-refractivity contribution is 0.530. The van der Waals surface area contributed by atoms with E-state index in [1.165, 1.54) is 29.8 Å². The van der Waals surface area contributed by atoms with Gasteiger partial charge in [-0.15, -0.1) is 0 Å². The number of aryl methyl sites for hydroxylation is 1. The first-order valence-electron chi connectivity index (χ1n) is 7.78. The monoisotopic (exact) mass is 398 g/mol. The summed E-state index contributed by atoms with van der Waals surface area (Å²) in [5.74, 6) is 1.31. The minimum absolute atomic E-state index is 0.519. The quantitative estimate of drug-likeness (QED) is 0.579. The van der Waals surface area contributed by atoms with Gasteiger partial charge in [-0.25, -0.2) is 0 Å². The van der Waals surface area contributed by atoms with Gasteiger partial charge in [0.15, 0.2) is 0 Å². The zero-order valence-electron chi connectivity index (χ0n) is 12.9. The van der Waals surface area contributed by atoms with Crippen molar-refractivity contribution in [1.82, 2.24) is 20.0 Å². The lowest BCUT2D eigenvalue weighted by Gasteiger charge is -2.10. The van der Waals surface area contributed by atoms with Crippen molar-refractivity contribution in [2.75, 3.05) is 0 Å². The van der Waals surface area contributed by atoms with Gasteiger partial charge in [-0.2, -0.15) is 10.2 Å². The first-order valence-corrected chi connectivity index (χ1v) is 9.02. The number of H-pyrrole nitrogens is 1. The molecule has 5 heteroatoms. The maximum absolute atomic E-state index is 4.53. The molecule has 4 nitrogen and oxygen atoms in total. The van der Waals surface area contributed by atoms with Crippen LogP contribution >= 0.6 is 22.6 Å². The van der Waals surface area contributed by atoms with Gasteiger partial charge >= 0.3 is 0 Å². The molecule has 0 bridgehead atoms. The normalized spacial score (nSPS) is 22.7. The molecule has 3 atom stereocenters. The Labute approximate surface area is 139 Å². The molecule has 3 unspecified atom stereocenters. The molecule has 114 valence electrons. The Morgan fingerprint density at radius 1 is 1.43 bits per heavy atom. The first kappa shape index (κ1) is 15.1. The molecule has 21 heavy (non-hydrogen) atoms. The maximum Gasteiger partial charge on any atom is 0.0664 e. The van der Waals surface area contributed by atoms with Crippen molar-refractivity contribution in [2.45, 2.75) is 55.9 Å². The molecular weight excluding hydrogens is 375 g/mol. The van der Waals surface area contributed by atoms with E-state index >= 15 is 0 Å². The highest BCUT2D eigenvalue weighted by molar-refractivity contribution is 14.1. The molecule has 0 amide bonds. The molecule has 1 N–H and O–H groups in total. The van der Waals surface area contributed by atoms with Crippen LogP contribution in [0, 0.1) is 5.92 Å². The lowest BCUT2D eigenvalue weighted by atomic mass is 10.1. The van der Waals surface area contributed by atoms with E-state index < -0.39 is 0 Å². The van der Waals surface area contributed by atoms with Crippen LogP contribution in [0.2, 0.25) is 0 Å². The minimum atomic E-state index is 0.519. The predicted octanol–water partition coefficient (Wildman–Crippen LogP) is 4.42. The highest BCUT2D eigenvalue weighted by Crippen LogP contribution is 2.47. The fourth-order valence-corrected chi connectivity index (χ4v) is 3.63. The summed E-state index contributed by atoms with van der Waals surface area (Å²) in [4.78, 5) is 0. The molecule has 2 aromatic rings. The summed E-state index contributed by atoms with van der Waals surface area (Å²) in [6.07, 6.45) is 7.53. The van der Waals surface area contributed by atoms with E-state index in [4.69, 9.17) is 0 Å². The number of nitrogens with one attached hydrogen (secondary N) is 1. The van der Waals surface area contributed by atoms with Crippen LogP contribution < -0.4 is 0 Å². The zero-order chi connectivity index (χ0) is 15.0. The summed E-state index contributed by atoms with van der Waals surface area (Å²) in [5.41, 5.74) is 3.96. The zero-order valence-corrected chi connectivity index (χ0v) is 15.0. The van der Waals surface area contributed by atoms with E-state index in [2.05, 4.69) is 69.4 Å². The largest absolute Gasteiger partial charge is 0.285 e. The number of alkyl halides is 1. The number of aromatic nitrogens is 4. The Balaban J connectivity index is 1.59. The lowest BCUT2D eigenvalue weighted by Crippen LogP contribution is -2.06. The molecule has 0 saturated heterocycles. The van der Waals surface area contributed by atoms with E-state index in [0.717, 1.165) is 12.3 Å². The molecule has 2 heterocycles. The molecule has 0 spiro atoms. The third-order valence-electron chi connectivity index (χ3n) is 4.43. The van der Waals surface area contributed by atoms with Crippen LogP contribution in [-0.2, 0) is 6.42 Å². The van der Waals surface area contributed by atoms with Crippen molar-refractivity contribution >= 4 is 22.6 Å². The van der Waals surface area contributed by atoms with E-state index in [1.54, 1.807) is 0 Å². The second-order valence-electron chi connectivity index (χ2n) is 6.36. The van der Waals surface area contributed by atoms with Crippen LogP contribution in [0.1, 0.15) is 66.4 Å². The number of nitrogens with zero attached hydrogens (tertiary/aromatic N) is 3. The van der Waals surface area contributed by atoms with Crippen LogP contribution in [0.25, 0.3) is 0 Å². The van der Waals surface area contributed by atoms with Crippen molar-refractivity contribution in [3.05, 3.63) is 35.4 Å². The Morgan fingerprint density at radius 3 is 2.95 bits per heavy atom. The fourth-order valence-electron chi connectivity index (χ4n) is 3.09. The Morgan fingerprint density at radius 2 is 2.24 bits per heavy atom. The van der Waals surface area contributed by atoms with Gasteiger partial charge in [-0.05, 0) is 44.1 Å². The van der Waals surface area contributed by atoms with Crippen molar-refractivity contribution in [1.29, 1.82) is 0 Å². The smallest absolute Gasteiger partial charge is 0.0664 e. The van der Waals surface area contributed by atoms with Crippen LogP contribution in [0.4, 0.5) is 0 Å². The number of rotatable bonds is 6. The van der Waals surface area contributed by atoms with Gasteiger partial charge in [-0.3, -0.25) is 9.78 Å². The van der Waals surface area contributed by atoms with Gasteiger partial charge in [0.25, 0.3) is 0 Å². The molecule has 1 aliphatic rings. The maximum atomic E-state index is 4.53. The van der Waals surface area contributed by atoms with E-state index in [9.17, 15) is 0 Å². The summed E-state index contributed by atoms with van der Waals surface area (Å²) in [5, 5.41) is 12.0. The van der Waals surface area contributed by atoms with E-state index in [0.29, 0.717) is 15.9 Å². The highest BCUT2D eigenvalue weighted by atomic mass is 127. The Kier molecular flexibility index (Phi) is 4.38. The molecule has 1 saturated carbocycles. The molecular formula is C16H23IN4. The number of hydrogen-bond acceptors (Lipinski definition) is 2. The average molecular weight is 398 g/mol. The van der Waals surface area contributed by atoms with Gasteiger partial charge in [0, 0.05) is 27.6 Å². The Hall–Kier alpha value is -0.850. The SMILES string of the molecule is CC(C)c1ccnn1C1CC1CCc1n[nH]cc1C(C)I. The molecule has 1 aliphatic carbocycles. The van der Waals surface area contributed by atoms with E-state index in [-0.39, 0.29) is 0 Å². The minimum Gasteiger partial charge on any atom is -0.285 e. The summed E-state index contributed by atoms with van der Waals surface area (Å²) in [6, 6.07) is 2.76. The molecule has 1 fully saturated rings. The summed E-state index contributed by atoms with van der Waals surface area (Å²) in [6.45, 7) is 6.69. The summed E-state index contributed by atoms with van der Waals surface area (Å²) in [7, 11) is 0. The third kappa shape index (κ3) is 3.17. The van der Waals surface area contributed by atoms with Crippen LogP contribution in [0.5, 0.6) is 0 Å². The fraction of sp³-hybridized carbons (Fsp3) is 0.625. The van der Waals surface area contributed by atoms with Crippen molar-refractivity contribution in [3.63, 3.8) is 0 Å². The average Bonchev–Trinajstić information content (AvgIpc) is 2.90. The van der Waals surface area contributed by atoms with Crippen molar-refractivity contribution in [3.8, 4) is 0 Å². The van der Waals surface area contributed by atoms with Crippen molar-refractivity contribution < 1.29 is 0 Å². The van der Waals surface area contributed by atoms with Crippen molar-refractivity contribution in [2.24, 2.45) is 5.92 Å². The number of aromatic amines is 1. The highest BCUT2D eigenvalue weighted by Gasteiger charge is 2.40. The van der Waals surface area contributed by atoms with Crippen LogP contribution in [0.15, 0.2) is 18.5 Å². The van der Waals surface area contributed by atoms with Gasteiger partial charge < -0.3 is 0 Å². The Bertz CT molecular complexity index is 599. The standard InChI is InChI=1S/C16H23IN4/c1-10(2)15-6-7-19-21(15)16-8-12(16)4-5-14-13(11(3)17)9-18-20-14/h6-7,9-12,16H,4-5,8H2,1-3H3,(H,18,20). The van der Waals surface area contributed by atoms with Crippen LogP contribution in [0.3, 0.4) is 0 Å². The molecule has 2 aromatic heterocycles. The number of halogens is 1. The van der Waals surface area contributed by atoms with Gasteiger partial charge in [0.2, 0.25) is 0 Å². The second-order valence-corrected chi connectivity index (χ2v) is 8.23. The van der Waals surface area contributed by atoms with Gasteiger partial charge in [0.05, 0.1) is 11.7 Å². The first-order chi connectivity index (χ1) is 10.1. The van der Waals surface area contributed by atoms with Gasteiger partial charge in [-0.1, -0.05) is 36.4 Å². The summed E-state index contributed by atoms with van der Waals surface area (Å²) < 4.78 is 2.77. The van der Waals surface area contributed by atoms with E-state index in [1.807, 2.05) is 12.4 Å². The van der Waals surface area contributed by atoms with Crippen LogP contribution in [-0.4, -0.2) is 20.0 Å². The topological polar surface area (TPSA) is 46.5 Å². The van der Waals surface area contributed by atoms with Gasteiger partial charge in [0.1, 0.15) is 0 Å². The predicted molar refractivity (Wildman–Crippen MR) is 92.8 cm³/mol. The second kappa shape index (κ2) is 6.10. The molecule has 0 aromatic carbocycles.